The van der Waals surface area contributed by atoms with Gasteiger partial charge in [-0.15, -0.1) is 0 Å². The van der Waals surface area contributed by atoms with Crippen LogP contribution in [0.25, 0.3) is 0 Å². The van der Waals surface area contributed by atoms with E-state index in [2.05, 4.69) is 73.6 Å². The van der Waals surface area contributed by atoms with Crippen LogP contribution in [0, 0.1) is 19.8 Å². The maximum atomic E-state index is 3.57. The summed E-state index contributed by atoms with van der Waals surface area (Å²) in [5.41, 5.74) is 6.80. The topological polar surface area (TPSA) is 15.3 Å². The molecule has 110 valence electrons. The Morgan fingerprint density at radius 3 is 2.76 bits per heavy atom. The van der Waals surface area contributed by atoms with Gasteiger partial charge in [-0.3, -0.25) is 0 Å². The van der Waals surface area contributed by atoms with Crippen molar-refractivity contribution in [1.29, 1.82) is 0 Å². The summed E-state index contributed by atoms with van der Waals surface area (Å²) >= 11 is 0. The predicted octanol–water partition coefficient (Wildman–Crippen LogP) is 4.02. The van der Waals surface area contributed by atoms with E-state index in [4.69, 9.17) is 0 Å². The minimum atomic E-state index is 0.658. The van der Waals surface area contributed by atoms with Gasteiger partial charge in [0.25, 0.3) is 0 Å². The lowest BCUT2D eigenvalue weighted by Crippen LogP contribution is -2.34. The number of aryl methyl sites for hydroxylation is 2. The van der Waals surface area contributed by atoms with E-state index in [0.29, 0.717) is 5.92 Å². The van der Waals surface area contributed by atoms with Gasteiger partial charge in [-0.1, -0.05) is 35.9 Å². The molecule has 0 bridgehead atoms. The molecule has 2 nitrogen and oxygen atoms in total. The number of para-hydroxylation sites is 1. The van der Waals surface area contributed by atoms with Crippen LogP contribution >= 0.6 is 0 Å². The third kappa shape index (κ3) is 3.05. The summed E-state index contributed by atoms with van der Waals surface area (Å²) in [7, 11) is 2.21. The van der Waals surface area contributed by atoms with E-state index in [1.165, 1.54) is 34.5 Å². The van der Waals surface area contributed by atoms with Gasteiger partial charge >= 0.3 is 0 Å². The number of rotatable bonds is 3. The molecule has 0 amide bonds. The van der Waals surface area contributed by atoms with Gasteiger partial charge in [-0.25, -0.2) is 0 Å². The van der Waals surface area contributed by atoms with Crippen LogP contribution in [0.15, 0.2) is 42.5 Å². The standard InChI is InChI=1S/C19H24N2/c1-14-8-9-19(15(2)10-14)21(3)13-16-11-17-6-4-5-7-18(17)20-12-16/h4-10,16,20H,11-13H2,1-3H3. The third-order valence-electron chi connectivity index (χ3n) is 4.40. The molecule has 0 spiro atoms. The van der Waals surface area contributed by atoms with E-state index in [1.807, 2.05) is 0 Å². The van der Waals surface area contributed by atoms with Crippen molar-refractivity contribution in [2.45, 2.75) is 20.3 Å². The van der Waals surface area contributed by atoms with Crippen molar-refractivity contribution < 1.29 is 0 Å². The molecule has 21 heavy (non-hydrogen) atoms. The molecule has 1 heterocycles. The van der Waals surface area contributed by atoms with Crippen molar-refractivity contribution >= 4 is 11.4 Å². The van der Waals surface area contributed by atoms with Crippen LogP contribution in [-0.2, 0) is 6.42 Å². The highest BCUT2D eigenvalue weighted by molar-refractivity contribution is 5.55. The molecule has 1 aliphatic heterocycles. The van der Waals surface area contributed by atoms with Gasteiger partial charge in [0.05, 0.1) is 0 Å². The van der Waals surface area contributed by atoms with Gasteiger partial charge in [-0.2, -0.15) is 0 Å². The van der Waals surface area contributed by atoms with Crippen LogP contribution in [0.1, 0.15) is 16.7 Å². The van der Waals surface area contributed by atoms with Gasteiger partial charge in [0, 0.05) is 31.5 Å². The van der Waals surface area contributed by atoms with Crippen LogP contribution < -0.4 is 10.2 Å². The minimum absolute atomic E-state index is 0.658. The van der Waals surface area contributed by atoms with E-state index < -0.39 is 0 Å². The fraction of sp³-hybridized carbons (Fsp3) is 0.368. The SMILES string of the molecule is Cc1ccc(N(C)CC2CNc3ccccc3C2)c(C)c1. The molecule has 2 heteroatoms. The zero-order valence-corrected chi connectivity index (χ0v) is 13.2. The van der Waals surface area contributed by atoms with Crippen molar-refractivity contribution in [2.24, 2.45) is 5.92 Å². The van der Waals surface area contributed by atoms with Crippen LogP contribution in [0.5, 0.6) is 0 Å². The van der Waals surface area contributed by atoms with Crippen LogP contribution in [0.4, 0.5) is 11.4 Å². The van der Waals surface area contributed by atoms with Crippen molar-refractivity contribution in [2.75, 3.05) is 30.4 Å². The van der Waals surface area contributed by atoms with E-state index in [0.717, 1.165) is 13.1 Å². The predicted molar refractivity (Wildman–Crippen MR) is 91.3 cm³/mol. The molecule has 1 aliphatic rings. The van der Waals surface area contributed by atoms with E-state index >= 15 is 0 Å². The number of nitrogens with one attached hydrogen (secondary N) is 1. The lowest BCUT2D eigenvalue weighted by atomic mass is 9.93. The molecule has 0 radical (unpaired) electrons. The Hall–Kier alpha value is -1.96. The summed E-state index contributed by atoms with van der Waals surface area (Å²) < 4.78 is 0. The van der Waals surface area contributed by atoms with Gasteiger partial charge in [0.15, 0.2) is 0 Å². The second kappa shape index (κ2) is 5.80. The molecule has 1 atom stereocenters. The minimum Gasteiger partial charge on any atom is -0.384 e. The Kier molecular flexibility index (Phi) is 3.87. The van der Waals surface area contributed by atoms with Gasteiger partial charge < -0.3 is 10.2 Å². The van der Waals surface area contributed by atoms with Crippen LogP contribution in [0.2, 0.25) is 0 Å². The first-order valence-electron chi connectivity index (χ1n) is 7.73. The molecule has 0 aromatic heterocycles. The molecule has 3 rings (SSSR count). The molecule has 0 saturated heterocycles. The number of hydrogen-bond donors (Lipinski definition) is 1. The Morgan fingerprint density at radius 1 is 1.14 bits per heavy atom. The molecule has 2 aromatic carbocycles. The van der Waals surface area contributed by atoms with Gasteiger partial charge in [0.1, 0.15) is 0 Å². The van der Waals surface area contributed by atoms with Crippen LogP contribution in [0.3, 0.4) is 0 Å². The maximum Gasteiger partial charge on any atom is 0.0393 e. The molecule has 1 unspecified atom stereocenters. The summed E-state index contributed by atoms with van der Waals surface area (Å²) in [4.78, 5) is 2.40. The highest BCUT2D eigenvalue weighted by Crippen LogP contribution is 2.26. The summed E-state index contributed by atoms with van der Waals surface area (Å²) in [5, 5.41) is 3.57. The van der Waals surface area contributed by atoms with Crippen molar-refractivity contribution in [3.8, 4) is 0 Å². The van der Waals surface area contributed by atoms with E-state index in [9.17, 15) is 0 Å². The lowest BCUT2D eigenvalue weighted by molar-refractivity contribution is 0.536. The highest BCUT2D eigenvalue weighted by Gasteiger charge is 2.19. The third-order valence-corrected chi connectivity index (χ3v) is 4.40. The number of fused-ring (bicyclic) bond motifs is 1. The zero-order chi connectivity index (χ0) is 14.8. The summed E-state index contributed by atoms with van der Waals surface area (Å²) in [6.45, 7) is 6.50. The fourth-order valence-electron chi connectivity index (χ4n) is 3.36. The molecule has 1 N–H and O–H groups in total. The summed E-state index contributed by atoms with van der Waals surface area (Å²) in [5.74, 6) is 0.658. The second-order valence-electron chi connectivity index (χ2n) is 6.28. The summed E-state index contributed by atoms with van der Waals surface area (Å²) in [6.07, 6.45) is 1.17. The average molecular weight is 280 g/mol. The number of anilines is 2. The number of nitrogens with zero attached hydrogens (tertiary/aromatic N) is 1. The Balaban J connectivity index is 1.70. The molecular weight excluding hydrogens is 256 g/mol. The fourth-order valence-corrected chi connectivity index (χ4v) is 3.36. The Morgan fingerprint density at radius 2 is 1.95 bits per heavy atom. The average Bonchev–Trinajstić information content (AvgIpc) is 2.47. The highest BCUT2D eigenvalue weighted by atomic mass is 15.1. The quantitative estimate of drug-likeness (QED) is 0.913. The van der Waals surface area contributed by atoms with E-state index in [1.54, 1.807) is 0 Å². The molecular formula is C19H24N2. The molecule has 0 fully saturated rings. The molecule has 0 saturated carbocycles. The van der Waals surface area contributed by atoms with Gasteiger partial charge in [0.2, 0.25) is 0 Å². The first-order valence-corrected chi connectivity index (χ1v) is 7.73. The largest absolute Gasteiger partial charge is 0.384 e. The number of hydrogen-bond acceptors (Lipinski definition) is 2. The van der Waals surface area contributed by atoms with Crippen LogP contribution in [-0.4, -0.2) is 20.1 Å². The van der Waals surface area contributed by atoms with Crippen molar-refractivity contribution in [3.63, 3.8) is 0 Å². The monoisotopic (exact) mass is 280 g/mol. The first kappa shape index (κ1) is 14.0. The number of benzene rings is 2. The van der Waals surface area contributed by atoms with Crippen molar-refractivity contribution in [3.05, 3.63) is 59.2 Å². The second-order valence-corrected chi connectivity index (χ2v) is 6.28. The molecule has 2 aromatic rings. The van der Waals surface area contributed by atoms with Crippen molar-refractivity contribution in [1.82, 2.24) is 0 Å². The zero-order valence-electron chi connectivity index (χ0n) is 13.2. The smallest absolute Gasteiger partial charge is 0.0393 e. The normalized spacial score (nSPS) is 17.0. The Labute approximate surface area is 127 Å². The van der Waals surface area contributed by atoms with E-state index in [-0.39, 0.29) is 0 Å². The Bertz CT molecular complexity index is 633. The summed E-state index contributed by atoms with van der Waals surface area (Å²) in [6, 6.07) is 15.4. The molecule has 0 aliphatic carbocycles. The maximum absolute atomic E-state index is 3.57. The van der Waals surface area contributed by atoms with Gasteiger partial charge in [-0.05, 0) is 49.4 Å². The first-order chi connectivity index (χ1) is 10.1. The lowest BCUT2D eigenvalue weighted by Gasteiger charge is -2.31.